The van der Waals surface area contributed by atoms with E-state index >= 15 is 0 Å². The van der Waals surface area contributed by atoms with Gasteiger partial charge in [0.05, 0.1) is 12.1 Å². The number of hydrogen-bond acceptors (Lipinski definition) is 5. The molecule has 6 nitrogen and oxygen atoms in total. The maximum absolute atomic E-state index is 12.3. The Morgan fingerprint density at radius 2 is 2.10 bits per heavy atom. The van der Waals surface area contributed by atoms with Crippen molar-refractivity contribution in [3.8, 4) is 0 Å². The highest BCUT2D eigenvalue weighted by Gasteiger charge is 2.15. The fourth-order valence-corrected chi connectivity index (χ4v) is 2.02. The second-order valence-electron chi connectivity index (χ2n) is 4.15. The fourth-order valence-electron chi connectivity index (χ4n) is 2.02. The van der Waals surface area contributed by atoms with Crippen LogP contribution in [0.15, 0.2) is 41.6 Å². The first-order valence-electron chi connectivity index (χ1n) is 6.14. The Morgan fingerprint density at radius 3 is 2.90 bits per heavy atom. The first-order chi connectivity index (χ1) is 9.72. The minimum Gasteiger partial charge on any atom is -0.462 e. The summed E-state index contributed by atoms with van der Waals surface area (Å²) in [6.45, 7) is 1.88. The van der Waals surface area contributed by atoms with E-state index in [1.165, 1.54) is 16.9 Å². The van der Waals surface area contributed by atoms with Crippen molar-refractivity contribution in [2.24, 2.45) is 0 Å². The molecule has 0 amide bonds. The van der Waals surface area contributed by atoms with E-state index in [0.717, 1.165) is 10.9 Å². The molecule has 0 unspecified atom stereocenters. The SMILES string of the molecule is CCOC(=O)c1cnc2c3ccccc3ncn2c1=O. The van der Waals surface area contributed by atoms with Gasteiger partial charge in [-0.05, 0) is 19.1 Å². The maximum atomic E-state index is 12.3. The molecule has 0 saturated heterocycles. The van der Waals surface area contributed by atoms with Crippen molar-refractivity contribution in [3.63, 3.8) is 0 Å². The minimum absolute atomic E-state index is 0.0959. The smallest absolute Gasteiger partial charge is 0.345 e. The lowest BCUT2D eigenvalue weighted by Crippen LogP contribution is -2.24. The summed E-state index contributed by atoms with van der Waals surface area (Å²) in [5.74, 6) is -0.674. The number of para-hydroxylation sites is 1. The van der Waals surface area contributed by atoms with Crippen LogP contribution in [-0.4, -0.2) is 26.9 Å². The number of hydrogen-bond donors (Lipinski definition) is 0. The van der Waals surface area contributed by atoms with Crippen molar-refractivity contribution in [2.75, 3.05) is 6.61 Å². The Balaban J connectivity index is 2.32. The number of rotatable bonds is 2. The third kappa shape index (κ3) is 1.82. The maximum Gasteiger partial charge on any atom is 0.345 e. The number of aromatic nitrogens is 3. The highest BCUT2D eigenvalue weighted by Crippen LogP contribution is 2.14. The normalized spacial score (nSPS) is 10.8. The molecule has 1 aromatic carbocycles. The summed E-state index contributed by atoms with van der Waals surface area (Å²) in [4.78, 5) is 32.3. The van der Waals surface area contributed by atoms with E-state index in [4.69, 9.17) is 4.74 Å². The zero-order chi connectivity index (χ0) is 14.1. The summed E-state index contributed by atoms with van der Waals surface area (Å²) >= 11 is 0. The Kier molecular flexibility index (Phi) is 2.90. The van der Waals surface area contributed by atoms with E-state index in [2.05, 4.69) is 9.97 Å². The van der Waals surface area contributed by atoms with Crippen LogP contribution in [0.2, 0.25) is 0 Å². The average Bonchev–Trinajstić information content (AvgIpc) is 2.47. The molecule has 0 aliphatic rings. The van der Waals surface area contributed by atoms with E-state index in [1.807, 2.05) is 24.3 Å². The lowest BCUT2D eigenvalue weighted by Gasteiger charge is -2.05. The highest BCUT2D eigenvalue weighted by atomic mass is 16.5. The Labute approximate surface area is 113 Å². The number of benzene rings is 1. The van der Waals surface area contributed by atoms with Crippen LogP contribution in [0, 0.1) is 0 Å². The highest BCUT2D eigenvalue weighted by molar-refractivity contribution is 5.92. The Hall–Kier alpha value is -2.76. The number of carbonyl (C=O) groups excluding carboxylic acids is 1. The van der Waals surface area contributed by atoms with Crippen molar-refractivity contribution in [2.45, 2.75) is 6.92 Å². The van der Waals surface area contributed by atoms with E-state index in [0.29, 0.717) is 5.65 Å². The van der Waals surface area contributed by atoms with Crippen molar-refractivity contribution in [3.05, 3.63) is 52.7 Å². The lowest BCUT2D eigenvalue weighted by molar-refractivity contribution is 0.0523. The molecule has 0 aliphatic heterocycles. The molecule has 20 heavy (non-hydrogen) atoms. The summed E-state index contributed by atoms with van der Waals surface area (Å²) in [5.41, 5.74) is 0.630. The number of fused-ring (bicyclic) bond motifs is 3. The van der Waals surface area contributed by atoms with Gasteiger partial charge in [0, 0.05) is 11.6 Å². The minimum atomic E-state index is -0.674. The second kappa shape index (κ2) is 4.73. The molecular formula is C14H11N3O3. The predicted molar refractivity (Wildman–Crippen MR) is 72.7 cm³/mol. The zero-order valence-corrected chi connectivity index (χ0v) is 10.7. The fraction of sp³-hybridized carbons (Fsp3) is 0.143. The topological polar surface area (TPSA) is 73.6 Å². The van der Waals surface area contributed by atoms with Gasteiger partial charge >= 0.3 is 5.97 Å². The molecule has 2 heterocycles. The summed E-state index contributed by atoms with van der Waals surface area (Å²) < 4.78 is 6.09. The molecular weight excluding hydrogens is 258 g/mol. The Bertz CT molecular complexity index is 870. The average molecular weight is 269 g/mol. The predicted octanol–water partition coefficient (Wildman–Crippen LogP) is 1.42. The number of esters is 1. The van der Waals surface area contributed by atoms with Crippen molar-refractivity contribution in [1.82, 2.24) is 14.4 Å². The van der Waals surface area contributed by atoms with Gasteiger partial charge in [0.25, 0.3) is 5.56 Å². The van der Waals surface area contributed by atoms with E-state index in [9.17, 15) is 9.59 Å². The molecule has 3 aromatic rings. The van der Waals surface area contributed by atoms with Gasteiger partial charge in [-0.2, -0.15) is 0 Å². The molecule has 3 rings (SSSR count). The van der Waals surface area contributed by atoms with E-state index in [1.54, 1.807) is 6.92 Å². The number of carbonyl (C=O) groups is 1. The largest absolute Gasteiger partial charge is 0.462 e. The molecule has 0 bridgehead atoms. The zero-order valence-electron chi connectivity index (χ0n) is 10.7. The quantitative estimate of drug-likeness (QED) is 0.519. The van der Waals surface area contributed by atoms with Crippen LogP contribution in [0.25, 0.3) is 16.6 Å². The molecule has 100 valence electrons. The van der Waals surface area contributed by atoms with Crippen LogP contribution in [0.4, 0.5) is 0 Å². The molecule has 2 aromatic heterocycles. The van der Waals surface area contributed by atoms with Crippen LogP contribution in [0.5, 0.6) is 0 Å². The van der Waals surface area contributed by atoms with Gasteiger partial charge < -0.3 is 4.74 Å². The third-order valence-electron chi connectivity index (χ3n) is 2.95. The summed E-state index contributed by atoms with van der Waals surface area (Å²) in [7, 11) is 0. The van der Waals surface area contributed by atoms with Gasteiger partial charge in [-0.1, -0.05) is 12.1 Å². The number of ether oxygens (including phenoxy) is 1. The number of nitrogens with zero attached hydrogens (tertiary/aromatic N) is 3. The lowest BCUT2D eigenvalue weighted by atomic mass is 10.2. The monoisotopic (exact) mass is 269 g/mol. The molecule has 0 saturated carbocycles. The van der Waals surface area contributed by atoms with Gasteiger partial charge in [-0.15, -0.1) is 0 Å². The van der Waals surface area contributed by atoms with Gasteiger partial charge in [0.1, 0.15) is 17.5 Å². The summed E-state index contributed by atoms with van der Waals surface area (Å²) in [5, 5.41) is 0.752. The van der Waals surface area contributed by atoms with E-state index < -0.39 is 11.5 Å². The van der Waals surface area contributed by atoms with Gasteiger partial charge in [-0.3, -0.25) is 4.79 Å². The van der Waals surface area contributed by atoms with Crippen LogP contribution >= 0.6 is 0 Å². The molecule has 0 fully saturated rings. The summed E-state index contributed by atoms with van der Waals surface area (Å²) in [6, 6.07) is 7.36. The third-order valence-corrected chi connectivity index (χ3v) is 2.95. The molecule has 0 N–H and O–H groups in total. The molecule has 0 aliphatic carbocycles. The summed E-state index contributed by atoms with van der Waals surface area (Å²) in [6.07, 6.45) is 2.62. The van der Waals surface area contributed by atoms with Crippen molar-refractivity contribution in [1.29, 1.82) is 0 Å². The van der Waals surface area contributed by atoms with Crippen LogP contribution in [0.3, 0.4) is 0 Å². The molecule has 0 spiro atoms. The van der Waals surface area contributed by atoms with Crippen LogP contribution in [0.1, 0.15) is 17.3 Å². The standard InChI is InChI=1S/C14H11N3O3/c1-2-20-14(19)10-7-15-12-9-5-3-4-6-11(9)16-8-17(12)13(10)18/h3-8H,2H2,1H3. The van der Waals surface area contributed by atoms with E-state index in [-0.39, 0.29) is 12.2 Å². The second-order valence-corrected chi connectivity index (χ2v) is 4.15. The van der Waals surface area contributed by atoms with Crippen LogP contribution < -0.4 is 5.56 Å². The van der Waals surface area contributed by atoms with Gasteiger partial charge in [-0.25, -0.2) is 19.2 Å². The van der Waals surface area contributed by atoms with Crippen molar-refractivity contribution >= 4 is 22.5 Å². The van der Waals surface area contributed by atoms with Crippen LogP contribution in [-0.2, 0) is 4.74 Å². The van der Waals surface area contributed by atoms with Crippen molar-refractivity contribution < 1.29 is 9.53 Å². The molecule has 0 atom stereocenters. The first-order valence-corrected chi connectivity index (χ1v) is 6.14. The van der Waals surface area contributed by atoms with Gasteiger partial charge in [0.2, 0.25) is 0 Å². The Morgan fingerprint density at radius 1 is 1.30 bits per heavy atom. The first kappa shape index (κ1) is 12.3. The molecule has 0 radical (unpaired) electrons. The molecule has 6 heteroatoms. The van der Waals surface area contributed by atoms with Gasteiger partial charge in [0.15, 0.2) is 0 Å².